The zero-order valence-corrected chi connectivity index (χ0v) is 22.8. The minimum Gasteiger partial charge on any atom is -0.495 e. The smallest absolute Gasteiger partial charge is 0.247 e. The summed E-state index contributed by atoms with van der Waals surface area (Å²) in [4.78, 5) is 14.0. The fourth-order valence-electron chi connectivity index (χ4n) is 4.04. The number of sulfonamides is 1. The number of benzene rings is 2. The van der Waals surface area contributed by atoms with E-state index in [4.69, 9.17) is 4.74 Å². The molecule has 1 saturated heterocycles. The fourth-order valence-corrected chi connectivity index (χ4v) is 6.36. The summed E-state index contributed by atoms with van der Waals surface area (Å²) in [5.41, 5.74) is 0.271. The van der Waals surface area contributed by atoms with Crippen LogP contribution in [0.3, 0.4) is 0 Å². The van der Waals surface area contributed by atoms with E-state index in [-0.39, 0.29) is 42.2 Å². The highest BCUT2D eigenvalue weighted by Crippen LogP contribution is 2.34. The minimum absolute atomic E-state index is 0.0540. The van der Waals surface area contributed by atoms with Crippen molar-refractivity contribution in [2.75, 3.05) is 20.2 Å². The Morgan fingerprint density at radius 2 is 1.94 bits per heavy atom. The maximum absolute atomic E-state index is 14.0. The zero-order valence-electron chi connectivity index (χ0n) is 20.4. The first-order valence-corrected chi connectivity index (χ1v) is 13.5. The van der Waals surface area contributed by atoms with Gasteiger partial charge in [-0.15, -0.1) is 0 Å². The second-order valence-electron chi connectivity index (χ2n) is 9.59. The number of amides is 1. The quantitative estimate of drug-likeness (QED) is 0.491. The third kappa shape index (κ3) is 6.34. The Labute approximate surface area is 216 Å². The van der Waals surface area contributed by atoms with Crippen LogP contribution in [0.15, 0.2) is 57.9 Å². The van der Waals surface area contributed by atoms with Crippen molar-refractivity contribution in [2.45, 2.75) is 50.7 Å². The number of carbonyl (C=O) groups excluding carboxylic acids is 1. The Kier molecular flexibility index (Phi) is 8.46. The van der Waals surface area contributed by atoms with Crippen LogP contribution >= 0.6 is 15.9 Å². The van der Waals surface area contributed by atoms with Crippen molar-refractivity contribution in [3.8, 4) is 11.9 Å². The largest absolute Gasteiger partial charge is 0.495 e. The SMILES string of the molecule is COc1ccc(Br)cc1S(=O)(=O)N(Cc1ccccc1)[C@@H]1C[C@H](CNC(=O)C(C)(C)C)N(C#N)C1. The maximum Gasteiger partial charge on any atom is 0.247 e. The number of nitriles is 1. The zero-order chi connectivity index (χ0) is 25.8. The molecule has 35 heavy (non-hydrogen) atoms. The van der Waals surface area contributed by atoms with E-state index in [0.717, 1.165) is 5.56 Å². The first kappa shape index (κ1) is 27.0. The molecule has 2 aromatic rings. The van der Waals surface area contributed by atoms with Crippen LogP contribution in [0.4, 0.5) is 0 Å². The fraction of sp³-hybridized carbons (Fsp3) is 0.440. The van der Waals surface area contributed by atoms with Crippen molar-refractivity contribution in [1.29, 1.82) is 5.26 Å². The molecule has 0 spiro atoms. The van der Waals surface area contributed by atoms with Gasteiger partial charge in [0.25, 0.3) is 0 Å². The Morgan fingerprint density at radius 1 is 1.26 bits per heavy atom. The number of hydrogen-bond acceptors (Lipinski definition) is 6. The van der Waals surface area contributed by atoms with E-state index in [1.54, 1.807) is 17.0 Å². The predicted molar refractivity (Wildman–Crippen MR) is 137 cm³/mol. The molecule has 0 unspecified atom stereocenters. The van der Waals surface area contributed by atoms with E-state index >= 15 is 0 Å². The van der Waals surface area contributed by atoms with Crippen molar-refractivity contribution in [3.63, 3.8) is 0 Å². The average Bonchev–Trinajstić information content (AvgIpc) is 3.23. The summed E-state index contributed by atoms with van der Waals surface area (Å²) in [5, 5.41) is 12.7. The first-order chi connectivity index (χ1) is 16.5. The standard InChI is InChI=1S/C25H31BrN4O4S/c1-25(2,3)24(31)28-14-20-13-21(16-29(20)17-27)30(15-18-8-6-5-7-9-18)35(32,33)23-12-19(26)10-11-22(23)34-4/h5-12,20-21H,13-16H2,1-4H3,(H,28,31)/t20-,21-/m1/s1. The van der Waals surface area contributed by atoms with Gasteiger partial charge in [0.05, 0.1) is 13.2 Å². The third-order valence-corrected chi connectivity index (χ3v) is 8.41. The summed E-state index contributed by atoms with van der Waals surface area (Å²) >= 11 is 3.37. The number of nitrogens with zero attached hydrogens (tertiary/aromatic N) is 3. The van der Waals surface area contributed by atoms with Gasteiger partial charge in [-0.2, -0.15) is 9.57 Å². The number of nitrogens with one attached hydrogen (secondary N) is 1. The summed E-state index contributed by atoms with van der Waals surface area (Å²) in [5.74, 6) is 0.127. The van der Waals surface area contributed by atoms with Gasteiger partial charge < -0.3 is 15.0 Å². The normalized spacial score (nSPS) is 18.4. The summed E-state index contributed by atoms with van der Waals surface area (Å²) in [7, 11) is -2.57. The van der Waals surface area contributed by atoms with Gasteiger partial charge in [0.15, 0.2) is 6.19 Å². The number of hydrogen-bond donors (Lipinski definition) is 1. The van der Waals surface area contributed by atoms with Crippen LogP contribution in [0.1, 0.15) is 32.8 Å². The van der Waals surface area contributed by atoms with Crippen molar-refractivity contribution in [2.24, 2.45) is 5.41 Å². The monoisotopic (exact) mass is 562 g/mol. The molecule has 8 nitrogen and oxygen atoms in total. The van der Waals surface area contributed by atoms with Gasteiger partial charge in [-0.25, -0.2) is 8.42 Å². The van der Waals surface area contributed by atoms with E-state index in [9.17, 15) is 18.5 Å². The molecule has 0 aromatic heterocycles. The van der Waals surface area contributed by atoms with Crippen molar-refractivity contribution < 1.29 is 17.9 Å². The van der Waals surface area contributed by atoms with Gasteiger partial charge in [-0.05, 0) is 30.2 Å². The van der Waals surface area contributed by atoms with E-state index in [0.29, 0.717) is 10.9 Å². The van der Waals surface area contributed by atoms with Gasteiger partial charge in [0, 0.05) is 35.6 Å². The molecule has 10 heteroatoms. The number of likely N-dealkylation sites (tertiary alicyclic amines) is 1. The Balaban J connectivity index is 1.95. The van der Waals surface area contributed by atoms with Crippen molar-refractivity contribution >= 4 is 31.9 Å². The lowest BCUT2D eigenvalue weighted by molar-refractivity contribution is -0.128. The van der Waals surface area contributed by atoms with E-state index in [1.807, 2.05) is 51.1 Å². The summed E-state index contributed by atoms with van der Waals surface area (Å²) in [6, 6.07) is 13.4. The van der Waals surface area contributed by atoms with Gasteiger partial charge >= 0.3 is 0 Å². The second-order valence-corrected chi connectivity index (χ2v) is 12.4. The molecular weight excluding hydrogens is 532 g/mol. The molecule has 0 radical (unpaired) electrons. The molecule has 1 aliphatic rings. The molecule has 1 amide bonds. The molecular formula is C25H31BrN4O4S. The summed E-state index contributed by atoms with van der Waals surface area (Å²) in [6.45, 7) is 6.10. The predicted octanol–water partition coefficient (Wildman–Crippen LogP) is 3.73. The number of halogens is 1. The molecule has 1 aliphatic heterocycles. The highest BCUT2D eigenvalue weighted by molar-refractivity contribution is 9.10. The number of ether oxygens (including phenoxy) is 1. The molecule has 1 heterocycles. The Morgan fingerprint density at radius 3 is 2.54 bits per heavy atom. The number of carbonyl (C=O) groups is 1. The van der Waals surface area contributed by atoms with Crippen LogP contribution in [0.2, 0.25) is 0 Å². The third-order valence-electron chi connectivity index (χ3n) is 6.00. The topological polar surface area (TPSA) is 103 Å². The van der Waals surface area contributed by atoms with E-state index < -0.39 is 21.5 Å². The van der Waals surface area contributed by atoms with Gasteiger partial charge in [-0.3, -0.25) is 4.79 Å². The summed E-state index contributed by atoms with van der Waals surface area (Å²) in [6.07, 6.45) is 2.58. The lowest BCUT2D eigenvalue weighted by atomic mass is 9.95. The maximum atomic E-state index is 14.0. The Hall–Kier alpha value is -2.61. The molecule has 188 valence electrons. The van der Waals surface area contributed by atoms with Crippen LogP contribution in [0.25, 0.3) is 0 Å². The first-order valence-electron chi connectivity index (χ1n) is 11.3. The lowest BCUT2D eigenvalue weighted by Gasteiger charge is -2.28. The highest BCUT2D eigenvalue weighted by Gasteiger charge is 2.41. The van der Waals surface area contributed by atoms with Crippen LogP contribution in [0, 0.1) is 16.9 Å². The van der Waals surface area contributed by atoms with Crippen molar-refractivity contribution in [1.82, 2.24) is 14.5 Å². The molecule has 1 fully saturated rings. The minimum atomic E-state index is -4.00. The van der Waals surface area contributed by atoms with Crippen LogP contribution in [-0.2, 0) is 21.4 Å². The van der Waals surface area contributed by atoms with E-state index in [1.165, 1.54) is 17.5 Å². The summed E-state index contributed by atoms with van der Waals surface area (Å²) < 4.78 is 35.5. The molecule has 0 saturated carbocycles. The Bertz CT molecular complexity index is 1190. The van der Waals surface area contributed by atoms with Gasteiger partial charge in [-0.1, -0.05) is 67.0 Å². The van der Waals surface area contributed by atoms with Crippen LogP contribution in [0.5, 0.6) is 5.75 Å². The highest BCUT2D eigenvalue weighted by atomic mass is 79.9. The van der Waals surface area contributed by atoms with Crippen molar-refractivity contribution in [3.05, 3.63) is 58.6 Å². The van der Waals surface area contributed by atoms with E-state index in [2.05, 4.69) is 27.4 Å². The van der Waals surface area contributed by atoms with Crippen LogP contribution in [-0.4, -0.2) is 55.8 Å². The number of methoxy groups -OCH3 is 1. The molecule has 0 aliphatic carbocycles. The molecule has 2 aromatic carbocycles. The molecule has 2 atom stereocenters. The van der Waals surface area contributed by atoms with Crippen LogP contribution < -0.4 is 10.1 Å². The molecule has 1 N–H and O–H groups in total. The number of rotatable bonds is 8. The van der Waals surface area contributed by atoms with Gasteiger partial charge in [0.2, 0.25) is 15.9 Å². The second kappa shape index (κ2) is 11.0. The van der Waals surface area contributed by atoms with Gasteiger partial charge in [0.1, 0.15) is 10.6 Å². The molecule has 0 bridgehead atoms. The molecule has 3 rings (SSSR count). The average molecular weight is 564 g/mol. The lowest BCUT2D eigenvalue weighted by Crippen LogP contribution is -2.42.